The number of nitro benzene ring substituents is 1. The second-order valence-corrected chi connectivity index (χ2v) is 5.48. The smallest absolute Gasteiger partial charge is 0.289 e. The first-order valence-electron chi connectivity index (χ1n) is 6.74. The molecular weight excluding hydrogens is 355 g/mol. The first kappa shape index (κ1) is 20.0. The lowest BCUT2D eigenvalue weighted by molar-refractivity contribution is -0.384. The summed E-state index contributed by atoms with van der Waals surface area (Å²) >= 11 is 5.73. The lowest BCUT2D eigenvalue weighted by atomic mass is 9.97. The van der Waals surface area contributed by atoms with E-state index in [-0.39, 0.29) is 23.0 Å². The Kier molecular flexibility index (Phi) is 7.09. The number of aliphatic hydroxyl groups excluding tert-OH is 1. The second-order valence-electron chi connectivity index (χ2n) is 5.08. The molecule has 1 saturated heterocycles. The predicted molar refractivity (Wildman–Crippen MR) is 84.6 cm³/mol. The third kappa shape index (κ3) is 4.48. The van der Waals surface area contributed by atoms with Crippen LogP contribution in [0.25, 0.3) is 0 Å². The summed E-state index contributed by atoms with van der Waals surface area (Å²) in [6.45, 7) is 0.451. The van der Waals surface area contributed by atoms with Crippen LogP contribution in [0.3, 0.4) is 0 Å². The van der Waals surface area contributed by atoms with Crippen molar-refractivity contribution in [3.63, 3.8) is 0 Å². The zero-order valence-corrected chi connectivity index (χ0v) is 13.6. The number of hydrogen-bond donors (Lipinski definition) is 2. The van der Waals surface area contributed by atoms with Gasteiger partial charge in [-0.05, 0) is 11.6 Å². The van der Waals surface area contributed by atoms with Crippen LogP contribution in [0.5, 0.6) is 0 Å². The molecule has 0 saturated carbocycles. The topological polar surface area (TPSA) is 78.6 Å². The molecule has 0 spiro atoms. The highest BCUT2D eigenvalue weighted by atomic mass is 35.5. The van der Waals surface area contributed by atoms with Gasteiger partial charge in [0.25, 0.3) is 11.6 Å². The fourth-order valence-electron chi connectivity index (χ4n) is 2.59. The van der Waals surface area contributed by atoms with Gasteiger partial charge in [-0.2, -0.15) is 0 Å². The van der Waals surface area contributed by atoms with Crippen LogP contribution >= 0.6 is 24.0 Å². The van der Waals surface area contributed by atoms with Gasteiger partial charge < -0.3 is 10.4 Å². The van der Waals surface area contributed by atoms with Crippen molar-refractivity contribution < 1.29 is 18.8 Å². The standard InChI is InChI=1S/C13H16ClF2N3O3.ClH/c14-10-2-1-9(7-11(10)19(21)22)12(13(15,16)8-20)18-5-3-17-4-6-18;/h1-2,7,12,17,20H,3-6,8H2;1H/t12-;/m0./s1. The minimum atomic E-state index is -3.42. The number of alkyl halides is 2. The van der Waals surface area contributed by atoms with Gasteiger partial charge in [0.1, 0.15) is 17.7 Å². The second kappa shape index (κ2) is 8.16. The SMILES string of the molecule is Cl.O=[N+]([O-])c1cc([C@H](N2CCNCC2)C(F)(F)CO)ccc1Cl. The Hall–Kier alpha value is -1.06. The number of benzene rings is 1. The van der Waals surface area contributed by atoms with E-state index in [1.165, 1.54) is 17.0 Å². The Labute approximate surface area is 143 Å². The molecule has 0 amide bonds. The number of nitrogens with one attached hydrogen (secondary N) is 1. The fourth-order valence-corrected chi connectivity index (χ4v) is 2.77. The number of hydrogen-bond acceptors (Lipinski definition) is 5. The van der Waals surface area contributed by atoms with Crippen LogP contribution in [0.2, 0.25) is 5.02 Å². The molecule has 1 aromatic rings. The number of halogens is 4. The maximum absolute atomic E-state index is 14.2. The van der Waals surface area contributed by atoms with Crippen LogP contribution in [0.15, 0.2) is 18.2 Å². The minimum Gasteiger partial charge on any atom is -0.390 e. The predicted octanol–water partition coefficient (Wildman–Crippen LogP) is 2.24. The third-order valence-electron chi connectivity index (χ3n) is 3.61. The summed E-state index contributed by atoms with van der Waals surface area (Å²) < 4.78 is 28.4. The van der Waals surface area contributed by atoms with Gasteiger partial charge in [0.05, 0.1) is 4.92 Å². The molecule has 130 valence electrons. The van der Waals surface area contributed by atoms with Gasteiger partial charge in [0, 0.05) is 32.2 Å². The third-order valence-corrected chi connectivity index (χ3v) is 3.93. The molecule has 1 fully saturated rings. The van der Waals surface area contributed by atoms with Crippen LogP contribution in [0.1, 0.15) is 11.6 Å². The normalized spacial score (nSPS) is 17.4. The van der Waals surface area contributed by atoms with E-state index in [4.69, 9.17) is 16.7 Å². The molecule has 2 N–H and O–H groups in total. The first-order chi connectivity index (χ1) is 10.4. The van der Waals surface area contributed by atoms with Crippen molar-refractivity contribution in [1.29, 1.82) is 0 Å². The quantitative estimate of drug-likeness (QED) is 0.612. The molecule has 1 heterocycles. The van der Waals surface area contributed by atoms with E-state index >= 15 is 0 Å². The van der Waals surface area contributed by atoms with Crippen LogP contribution in [-0.2, 0) is 0 Å². The highest BCUT2D eigenvalue weighted by molar-refractivity contribution is 6.32. The van der Waals surface area contributed by atoms with Gasteiger partial charge in [-0.25, -0.2) is 8.78 Å². The average Bonchev–Trinajstić information content (AvgIpc) is 2.50. The summed E-state index contributed by atoms with van der Waals surface area (Å²) in [4.78, 5) is 11.8. The zero-order valence-electron chi connectivity index (χ0n) is 12.0. The van der Waals surface area contributed by atoms with Crippen LogP contribution in [-0.4, -0.2) is 53.6 Å². The summed E-state index contributed by atoms with van der Waals surface area (Å²) in [5.74, 6) is -3.42. The number of nitrogens with zero attached hydrogens (tertiary/aromatic N) is 2. The van der Waals surface area contributed by atoms with Crippen molar-refractivity contribution in [2.24, 2.45) is 0 Å². The van der Waals surface area contributed by atoms with Gasteiger partial charge in [0.15, 0.2) is 0 Å². The molecule has 0 radical (unpaired) electrons. The number of nitro groups is 1. The van der Waals surface area contributed by atoms with Crippen molar-refractivity contribution in [2.75, 3.05) is 32.8 Å². The van der Waals surface area contributed by atoms with Gasteiger partial charge in [-0.3, -0.25) is 15.0 Å². The summed E-state index contributed by atoms with van der Waals surface area (Å²) in [6.07, 6.45) is 0. The van der Waals surface area contributed by atoms with Crippen LogP contribution in [0.4, 0.5) is 14.5 Å². The molecule has 0 bridgehead atoms. The van der Waals surface area contributed by atoms with E-state index in [9.17, 15) is 18.9 Å². The molecule has 0 unspecified atom stereocenters. The van der Waals surface area contributed by atoms with Crippen LogP contribution in [0, 0.1) is 10.1 Å². The summed E-state index contributed by atoms with van der Waals surface area (Å²) in [7, 11) is 0. The summed E-state index contributed by atoms with van der Waals surface area (Å²) in [5, 5.41) is 22.9. The maximum atomic E-state index is 14.2. The van der Waals surface area contributed by atoms with E-state index in [0.717, 1.165) is 6.07 Å². The minimum absolute atomic E-state index is 0. The fraction of sp³-hybridized carbons (Fsp3) is 0.538. The molecule has 1 aromatic carbocycles. The highest BCUT2D eigenvalue weighted by Gasteiger charge is 2.44. The lowest BCUT2D eigenvalue weighted by Crippen LogP contribution is -2.51. The monoisotopic (exact) mass is 371 g/mol. The van der Waals surface area contributed by atoms with Crippen molar-refractivity contribution in [2.45, 2.75) is 12.0 Å². The van der Waals surface area contributed by atoms with E-state index < -0.39 is 29.2 Å². The Morgan fingerprint density at radius 3 is 2.57 bits per heavy atom. The highest BCUT2D eigenvalue weighted by Crippen LogP contribution is 2.39. The molecule has 2 rings (SSSR count). The number of rotatable bonds is 5. The van der Waals surface area contributed by atoms with Crippen molar-refractivity contribution >= 4 is 29.7 Å². The molecule has 1 aliphatic rings. The molecule has 1 atom stereocenters. The molecule has 0 aliphatic carbocycles. The van der Waals surface area contributed by atoms with E-state index in [2.05, 4.69) is 5.32 Å². The van der Waals surface area contributed by atoms with Gasteiger partial charge in [-0.15, -0.1) is 12.4 Å². The molecule has 1 aliphatic heterocycles. The molecule has 0 aromatic heterocycles. The summed E-state index contributed by atoms with van der Waals surface area (Å²) in [6, 6.07) is 2.19. The van der Waals surface area contributed by atoms with Crippen molar-refractivity contribution in [3.05, 3.63) is 38.9 Å². The maximum Gasteiger partial charge on any atom is 0.289 e. The Balaban J connectivity index is 0.00000264. The number of piperazine rings is 1. The first-order valence-corrected chi connectivity index (χ1v) is 7.12. The lowest BCUT2D eigenvalue weighted by Gasteiger charge is -2.38. The molecule has 23 heavy (non-hydrogen) atoms. The largest absolute Gasteiger partial charge is 0.390 e. The Morgan fingerprint density at radius 1 is 1.43 bits per heavy atom. The zero-order chi connectivity index (χ0) is 16.3. The summed E-state index contributed by atoms with van der Waals surface area (Å²) in [5.41, 5.74) is -0.356. The number of aliphatic hydroxyl groups is 1. The Morgan fingerprint density at radius 2 is 2.04 bits per heavy atom. The van der Waals surface area contributed by atoms with Gasteiger partial charge in [0.2, 0.25) is 0 Å². The van der Waals surface area contributed by atoms with E-state index in [0.29, 0.717) is 26.2 Å². The van der Waals surface area contributed by atoms with E-state index in [1.807, 2.05) is 0 Å². The molecular formula is C13H17Cl2F2N3O3. The van der Waals surface area contributed by atoms with E-state index in [1.54, 1.807) is 0 Å². The van der Waals surface area contributed by atoms with Gasteiger partial charge >= 0.3 is 0 Å². The van der Waals surface area contributed by atoms with Gasteiger partial charge in [-0.1, -0.05) is 17.7 Å². The van der Waals surface area contributed by atoms with Crippen molar-refractivity contribution in [1.82, 2.24) is 10.2 Å². The average molecular weight is 372 g/mol. The Bertz CT molecular complexity index is 557. The molecule has 10 heteroatoms. The van der Waals surface area contributed by atoms with Crippen LogP contribution < -0.4 is 5.32 Å². The molecule has 6 nitrogen and oxygen atoms in total. The van der Waals surface area contributed by atoms with Crippen molar-refractivity contribution in [3.8, 4) is 0 Å².